The van der Waals surface area contributed by atoms with E-state index in [0.717, 1.165) is 17.0 Å². The molecule has 2 aromatic rings. The third kappa shape index (κ3) is 3.88. The summed E-state index contributed by atoms with van der Waals surface area (Å²) in [6.07, 6.45) is 1.81. The Morgan fingerprint density at radius 2 is 2.45 bits per heavy atom. The number of thiazole rings is 1. The maximum atomic E-state index is 13.2. The Hall–Kier alpha value is -1.83. The van der Waals surface area contributed by atoms with E-state index in [4.69, 9.17) is 4.74 Å². The molecular weight excluding hydrogens is 305 g/mol. The van der Waals surface area contributed by atoms with Gasteiger partial charge >= 0.3 is 0 Å². The first kappa shape index (κ1) is 15.1. The van der Waals surface area contributed by atoms with E-state index in [9.17, 15) is 9.18 Å². The zero-order valence-corrected chi connectivity index (χ0v) is 12.7. The summed E-state index contributed by atoms with van der Waals surface area (Å²) in [5.41, 5.74) is 0.876. The lowest BCUT2D eigenvalue weighted by molar-refractivity contribution is -0.128. The average molecular weight is 321 g/mol. The lowest BCUT2D eigenvalue weighted by atomic mass is 10.1. The topological polar surface area (TPSA) is 63.2 Å². The molecule has 1 saturated heterocycles. The van der Waals surface area contributed by atoms with Crippen LogP contribution in [0.5, 0.6) is 0 Å². The van der Waals surface area contributed by atoms with Gasteiger partial charge in [-0.1, -0.05) is 12.1 Å². The average Bonchev–Trinajstić information content (AvgIpc) is 2.95. The zero-order valence-electron chi connectivity index (χ0n) is 11.8. The Morgan fingerprint density at radius 3 is 3.23 bits per heavy atom. The summed E-state index contributed by atoms with van der Waals surface area (Å²) in [6, 6.07) is 6.46. The van der Waals surface area contributed by atoms with Crippen molar-refractivity contribution in [1.82, 2.24) is 10.3 Å². The number of nitrogens with zero attached hydrogens (tertiary/aromatic N) is 1. The van der Waals surface area contributed by atoms with Gasteiger partial charge in [-0.2, -0.15) is 0 Å². The molecule has 1 atom stereocenters. The van der Waals surface area contributed by atoms with E-state index in [1.165, 1.54) is 23.5 Å². The Balaban J connectivity index is 1.60. The maximum Gasteiger partial charge on any atom is 0.256 e. The molecule has 1 amide bonds. The van der Waals surface area contributed by atoms with Crippen molar-refractivity contribution in [2.75, 3.05) is 25.0 Å². The van der Waals surface area contributed by atoms with Crippen LogP contribution in [-0.4, -0.2) is 36.7 Å². The molecule has 7 heteroatoms. The Morgan fingerprint density at radius 1 is 1.55 bits per heavy atom. The molecule has 116 valence electrons. The minimum Gasteiger partial charge on any atom is -0.366 e. The molecule has 0 saturated carbocycles. The van der Waals surface area contributed by atoms with E-state index >= 15 is 0 Å². The number of ether oxygens (including phenoxy) is 1. The van der Waals surface area contributed by atoms with Gasteiger partial charge in [0.1, 0.15) is 11.9 Å². The van der Waals surface area contributed by atoms with Crippen molar-refractivity contribution in [3.8, 4) is 0 Å². The first-order valence-corrected chi connectivity index (χ1v) is 7.85. The van der Waals surface area contributed by atoms with Gasteiger partial charge in [0, 0.05) is 30.6 Å². The number of benzene rings is 1. The maximum absolute atomic E-state index is 13.2. The molecule has 0 aliphatic carbocycles. The van der Waals surface area contributed by atoms with E-state index in [0.29, 0.717) is 24.7 Å². The highest BCUT2D eigenvalue weighted by Gasteiger charge is 2.22. The van der Waals surface area contributed by atoms with Gasteiger partial charge in [-0.3, -0.25) is 10.1 Å². The Kier molecular flexibility index (Phi) is 4.77. The monoisotopic (exact) mass is 321 g/mol. The first-order chi connectivity index (χ1) is 10.7. The fourth-order valence-electron chi connectivity index (χ4n) is 2.21. The third-order valence-corrected chi connectivity index (χ3v) is 4.18. The quantitative estimate of drug-likeness (QED) is 0.901. The molecule has 2 heterocycles. The number of halogens is 1. The zero-order chi connectivity index (χ0) is 15.4. The van der Waals surface area contributed by atoms with Gasteiger partial charge in [0.05, 0.1) is 6.61 Å². The van der Waals surface area contributed by atoms with Crippen molar-refractivity contribution in [3.63, 3.8) is 0 Å². The van der Waals surface area contributed by atoms with Crippen molar-refractivity contribution in [2.24, 2.45) is 0 Å². The van der Waals surface area contributed by atoms with Crippen LogP contribution in [0.4, 0.5) is 9.52 Å². The number of aromatic nitrogens is 1. The summed E-state index contributed by atoms with van der Waals surface area (Å²) in [6.45, 7) is 1.80. The molecule has 1 aliphatic rings. The highest BCUT2D eigenvalue weighted by Crippen LogP contribution is 2.21. The number of morpholine rings is 1. The predicted molar refractivity (Wildman–Crippen MR) is 82.6 cm³/mol. The number of carbonyl (C=O) groups is 1. The fourth-order valence-corrected chi connectivity index (χ4v) is 3.06. The van der Waals surface area contributed by atoms with Gasteiger partial charge in [0.15, 0.2) is 5.13 Å². The summed E-state index contributed by atoms with van der Waals surface area (Å²) in [7, 11) is 0. The van der Waals surface area contributed by atoms with E-state index in [-0.39, 0.29) is 11.7 Å². The summed E-state index contributed by atoms with van der Waals surface area (Å²) in [5.74, 6) is -0.448. The number of anilines is 1. The highest BCUT2D eigenvalue weighted by molar-refractivity contribution is 7.15. The molecule has 5 nitrogen and oxygen atoms in total. The van der Waals surface area contributed by atoms with Crippen LogP contribution < -0.4 is 10.6 Å². The van der Waals surface area contributed by atoms with Crippen molar-refractivity contribution >= 4 is 22.4 Å². The first-order valence-electron chi connectivity index (χ1n) is 7.03. The molecule has 2 N–H and O–H groups in total. The van der Waals surface area contributed by atoms with Crippen LogP contribution >= 0.6 is 11.3 Å². The van der Waals surface area contributed by atoms with Crippen LogP contribution in [0.3, 0.4) is 0 Å². The molecule has 3 rings (SSSR count). The molecular formula is C15H16FN3O2S. The number of nitrogens with one attached hydrogen (secondary N) is 2. The van der Waals surface area contributed by atoms with E-state index in [2.05, 4.69) is 15.6 Å². The van der Waals surface area contributed by atoms with Crippen molar-refractivity contribution in [1.29, 1.82) is 0 Å². The number of carbonyl (C=O) groups excluding carboxylic acids is 1. The van der Waals surface area contributed by atoms with Crippen LogP contribution in [0.25, 0.3) is 0 Å². The number of rotatable bonds is 4. The molecule has 0 spiro atoms. The molecule has 1 aromatic heterocycles. The van der Waals surface area contributed by atoms with Gasteiger partial charge in [0.2, 0.25) is 0 Å². The summed E-state index contributed by atoms with van der Waals surface area (Å²) < 4.78 is 18.6. The van der Waals surface area contributed by atoms with Gasteiger partial charge < -0.3 is 10.1 Å². The van der Waals surface area contributed by atoms with Gasteiger partial charge in [-0.15, -0.1) is 11.3 Å². The second-order valence-electron chi connectivity index (χ2n) is 4.99. The third-order valence-electron chi connectivity index (χ3n) is 3.27. The van der Waals surface area contributed by atoms with Crippen LogP contribution in [0.15, 0.2) is 30.5 Å². The Bertz CT molecular complexity index is 656. The molecule has 1 fully saturated rings. The lowest BCUT2D eigenvalue weighted by Crippen LogP contribution is -2.45. The minimum absolute atomic E-state index is 0.196. The fraction of sp³-hybridized carbons (Fsp3) is 0.333. The van der Waals surface area contributed by atoms with Crippen LogP contribution in [0.2, 0.25) is 0 Å². The van der Waals surface area contributed by atoms with Gasteiger partial charge in [0.25, 0.3) is 5.91 Å². The van der Waals surface area contributed by atoms with Gasteiger partial charge in [-0.05, 0) is 17.7 Å². The highest BCUT2D eigenvalue weighted by atomic mass is 32.1. The van der Waals surface area contributed by atoms with Crippen molar-refractivity contribution in [3.05, 3.63) is 46.7 Å². The normalized spacial score (nSPS) is 18.1. The molecule has 22 heavy (non-hydrogen) atoms. The summed E-state index contributed by atoms with van der Waals surface area (Å²) in [4.78, 5) is 17.2. The molecule has 1 unspecified atom stereocenters. The second kappa shape index (κ2) is 6.95. The molecule has 0 radical (unpaired) electrons. The van der Waals surface area contributed by atoms with Crippen LogP contribution in [-0.2, 0) is 16.0 Å². The van der Waals surface area contributed by atoms with Gasteiger partial charge in [-0.25, -0.2) is 9.37 Å². The SMILES string of the molecule is O=C(Nc1ncc(Cc2cccc(F)c2)s1)C1CNCCO1. The lowest BCUT2D eigenvalue weighted by Gasteiger charge is -2.22. The largest absolute Gasteiger partial charge is 0.366 e. The number of amides is 1. The Labute approximate surface area is 131 Å². The predicted octanol–water partition coefficient (Wildman–Crippen LogP) is 1.80. The van der Waals surface area contributed by atoms with Crippen LogP contribution in [0, 0.1) is 5.82 Å². The van der Waals surface area contributed by atoms with E-state index < -0.39 is 6.10 Å². The standard InChI is InChI=1S/C15H16FN3O2S/c16-11-3-1-2-10(6-11)7-12-8-18-15(22-12)19-14(20)13-9-17-4-5-21-13/h1-3,6,8,13,17H,4-5,7,9H2,(H,18,19,20). The number of hydrogen-bond donors (Lipinski definition) is 2. The molecule has 1 aromatic carbocycles. The number of hydrogen-bond acceptors (Lipinski definition) is 5. The van der Waals surface area contributed by atoms with Crippen molar-refractivity contribution in [2.45, 2.75) is 12.5 Å². The smallest absolute Gasteiger partial charge is 0.256 e. The summed E-state index contributed by atoms with van der Waals surface area (Å²) in [5, 5.41) is 6.40. The summed E-state index contributed by atoms with van der Waals surface area (Å²) >= 11 is 1.38. The van der Waals surface area contributed by atoms with Crippen LogP contribution in [0.1, 0.15) is 10.4 Å². The minimum atomic E-state index is -0.482. The van der Waals surface area contributed by atoms with E-state index in [1.54, 1.807) is 12.3 Å². The molecule has 0 bridgehead atoms. The van der Waals surface area contributed by atoms with Crippen molar-refractivity contribution < 1.29 is 13.9 Å². The molecule has 1 aliphatic heterocycles. The second-order valence-corrected chi connectivity index (χ2v) is 6.11. The van der Waals surface area contributed by atoms with E-state index in [1.807, 2.05) is 6.07 Å².